The van der Waals surface area contributed by atoms with Gasteiger partial charge < -0.3 is 29.2 Å². The number of aliphatic hydroxyl groups excluding tert-OH is 1. The van der Waals surface area contributed by atoms with E-state index in [1.54, 1.807) is 7.11 Å². The monoisotopic (exact) mass is 317 g/mol. The number of hydrogen-bond donors (Lipinski definition) is 1. The van der Waals surface area contributed by atoms with Crippen LogP contribution in [0, 0.1) is 5.21 Å². The summed E-state index contributed by atoms with van der Waals surface area (Å²) in [4.78, 5) is 0. The Morgan fingerprint density at radius 3 is 2.91 bits per heavy atom. The van der Waals surface area contributed by atoms with E-state index < -0.39 is 16.2 Å². The van der Waals surface area contributed by atoms with Crippen LogP contribution in [0.15, 0.2) is 24.3 Å². The Bertz CT molecular complexity index is 719. The van der Waals surface area contributed by atoms with Crippen LogP contribution in [0.25, 0.3) is 0 Å². The molecule has 0 saturated carbocycles. The van der Waals surface area contributed by atoms with Gasteiger partial charge in [-0.3, -0.25) is 0 Å². The molecule has 1 aliphatic carbocycles. The number of nitrogens with zero attached hydrogens (tertiary/aromatic N) is 1. The Morgan fingerprint density at radius 2 is 2.13 bits per heavy atom. The second-order valence-corrected chi connectivity index (χ2v) is 6.99. The first-order valence-electron chi connectivity index (χ1n) is 7.98. The van der Waals surface area contributed by atoms with E-state index in [0.717, 1.165) is 11.1 Å². The molecule has 6 nitrogen and oxygen atoms in total. The van der Waals surface area contributed by atoms with E-state index >= 15 is 0 Å². The lowest BCUT2D eigenvalue weighted by Crippen LogP contribution is -2.58. The minimum atomic E-state index is -0.694. The Balaban J connectivity index is 1.75. The van der Waals surface area contributed by atoms with Gasteiger partial charge in [0.05, 0.1) is 11.5 Å². The number of hydrogen-bond acceptors (Lipinski definition) is 5. The molecule has 122 valence electrons. The Morgan fingerprint density at radius 1 is 1.35 bits per heavy atom. The summed E-state index contributed by atoms with van der Waals surface area (Å²) in [6.45, 7) is 0.780. The fourth-order valence-corrected chi connectivity index (χ4v) is 4.96. The van der Waals surface area contributed by atoms with Crippen LogP contribution in [0.2, 0.25) is 0 Å². The van der Waals surface area contributed by atoms with Gasteiger partial charge in [-0.25, -0.2) is 0 Å². The first kappa shape index (κ1) is 13.8. The van der Waals surface area contributed by atoms with Gasteiger partial charge in [0.2, 0.25) is 6.79 Å². The molecule has 0 radical (unpaired) electrons. The number of aliphatic hydroxyl groups is 1. The van der Waals surface area contributed by atoms with Crippen LogP contribution in [-0.2, 0) is 16.7 Å². The minimum absolute atomic E-state index is 0.0690. The number of benzene rings is 1. The van der Waals surface area contributed by atoms with Crippen molar-refractivity contribution in [2.24, 2.45) is 0 Å². The number of ether oxygens (including phenoxy) is 3. The van der Waals surface area contributed by atoms with Crippen molar-refractivity contribution in [2.45, 2.75) is 36.6 Å². The van der Waals surface area contributed by atoms with Crippen molar-refractivity contribution in [3.05, 3.63) is 40.6 Å². The van der Waals surface area contributed by atoms with Gasteiger partial charge in [-0.15, -0.1) is 0 Å². The van der Waals surface area contributed by atoms with E-state index in [2.05, 4.69) is 0 Å². The van der Waals surface area contributed by atoms with Crippen LogP contribution in [0.5, 0.6) is 11.5 Å². The maximum atomic E-state index is 13.4. The van der Waals surface area contributed by atoms with Gasteiger partial charge in [-0.05, 0) is 17.7 Å². The fourth-order valence-electron chi connectivity index (χ4n) is 4.96. The molecule has 3 aliphatic heterocycles. The highest BCUT2D eigenvalue weighted by Crippen LogP contribution is 2.56. The van der Waals surface area contributed by atoms with Gasteiger partial charge in [-0.2, -0.15) is 0 Å². The molecule has 1 saturated heterocycles. The summed E-state index contributed by atoms with van der Waals surface area (Å²) in [5, 5.41) is 24.3. The number of methoxy groups -OCH3 is 1. The van der Waals surface area contributed by atoms with E-state index in [1.807, 2.05) is 24.3 Å². The summed E-state index contributed by atoms with van der Waals surface area (Å²) in [6.07, 6.45) is 3.84. The quantitative estimate of drug-likeness (QED) is 0.479. The Labute approximate surface area is 134 Å². The summed E-state index contributed by atoms with van der Waals surface area (Å²) in [5.74, 6) is 1.39. The first-order chi connectivity index (χ1) is 11.1. The van der Waals surface area contributed by atoms with E-state index in [9.17, 15) is 10.3 Å². The molecule has 1 unspecified atom stereocenters. The van der Waals surface area contributed by atoms with Crippen LogP contribution in [0.1, 0.15) is 17.5 Å². The van der Waals surface area contributed by atoms with Crippen molar-refractivity contribution in [3.63, 3.8) is 0 Å². The van der Waals surface area contributed by atoms with Gasteiger partial charge >= 0.3 is 0 Å². The summed E-state index contributed by atoms with van der Waals surface area (Å²) < 4.78 is 16.0. The van der Waals surface area contributed by atoms with E-state index in [4.69, 9.17) is 14.2 Å². The molecule has 4 aliphatic rings. The summed E-state index contributed by atoms with van der Waals surface area (Å²) in [6, 6.07) is 3.65. The third-order valence-corrected chi connectivity index (χ3v) is 6.00. The standard InChI is InChI=1S/C17H19NO5/c1-21-11-2-3-17-12-6-14-13(22-9-23-14)4-10(12)7-18(20,8-16(17)19)15(17)5-11/h2-4,6,11,15-16,19H,5,7-9H2,1H3/t11-,15+,16-,17+,18?/m1/s1. The molecule has 0 amide bonds. The molecule has 1 N–H and O–H groups in total. The molecule has 23 heavy (non-hydrogen) atoms. The number of rotatable bonds is 1. The van der Waals surface area contributed by atoms with Crippen LogP contribution < -0.4 is 9.47 Å². The molecule has 1 aromatic carbocycles. The predicted molar refractivity (Wildman–Crippen MR) is 80.8 cm³/mol. The smallest absolute Gasteiger partial charge is 0.231 e. The van der Waals surface area contributed by atoms with Crippen LogP contribution >= 0.6 is 0 Å². The molecular weight excluding hydrogens is 298 g/mol. The second kappa shape index (κ2) is 4.27. The Kier molecular flexibility index (Phi) is 2.56. The van der Waals surface area contributed by atoms with Gasteiger partial charge in [-0.1, -0.05) is 12.2 Å². The normalized spacial score (nSPS) is 42.5. The Hall–Kier alpha value is -1.60. The summed E-state index contributed by atoms with van der Waals surface area (Å²) in [7, 11) is 1.66. The molecule has 1 fully saturated rings. The lowest BCUT2D eigenvalue weighted by atomic mass is 9.65. The largest absolute Gasteiger partial charge is 0.632 e. The van der Waals surface area contributed by atoms with Crippen molar-refractivity contribution >= 4 is 0 Å². The first-order valence-corrected chi connectivity index (χ1v) is 7.98. The number of quaternary nitrogens is 1. The maximum absolute atomic E-state index is 13.4. The lowest BCUT2D eigenvalue weighted by Gasteiger charge is -2.53. The molecule has 2 bridgehead atoms. The molecule has 5 atom stereocenters. The minimum Gasteiger partial charge on any atom is -0.632 e. The van der Waals surface area contributed by atoms with E-state index in [1.165, 1.54) is 0 Å². The van der Waals surface area contributed by atoms with Crippen molar-refractivity contribution in [2.75, 3.05) is 20.4 Å². The zero-order chi connectivity index (χ0) is 15.8. The summed E-state index contributed by atoms with van der Waals surface area (Å²) >= 11 is 0. The highest BCUT2D eigenvalue weighted by molar-refractivity contribution is 5.55. The zero-order valence-electron chi connectivity index (χ0n) is 12.9. The zero-order valence-corrected chi connectivity index (χ0v) is 12.9. The second-order valence-electron chi connectivity index (χ2n) is 6.99. The number of hydroxylamine groups is 3. The molecule has 0 spiro atoms. The SMILES string of the molecule is CO[C@@H]1C=C[C@@]23c4cc5c(cc4C[N+]([O-])(C[C@H]2O)[C@H]3C1)OCO5. The van der Waals surface area contributed by atoms with Crippen LogP contribution in [-0.4, -0.2) is 48.5 Å². The lowest BCUT2D eigenvalue weighted by molar-refractivity contribution is -0.911. The van der Waals surface area contributed by atoms with Crippen molar-refractivity contribution in [3.8, 4) is 11.5 Å². The topological polar surface area (TPSA) is 71.0 Å². The van der Waals surface area contributed by atoms with E-state index in [-0.39, 0.29) is 25.5 Å². The molecule has 5 rings (SSSR count). The fraction of sp³-hybridized carbons (Fsp3) is 0.529. The van der Waals surface area contributed by atoms with Crippen LogP contribution in [0.3, 0.4) is 0 Å². The number of fused-ring (bicyclic) bond motifs is 2. The molecule has 0 aromatic heterocycles. The molecule has 3 heterocycles. The van der Waals surface area contributed by atoms with Crippen LogP contribution in [0.4, 0.5) is 0 Å². The molecule has 1 aromatic rings. The average Bonchev–Trinajstić information content (AvgIpc) is 3.05. The van der Waals surface area contributed by atoms with Gasteiger partial charge in [0.15, 0.2) is 11.5 Å². The average molecular weight is 317 g/mol. The molecular formula is C17H19NO5. The predicted octanol–water partition coefficient (Wildman–Crippen LogP) is 1.20. The van der Waals surface area contributed by atoms with Gasteiger partial charge in [0.1, 0.15) is 25.2 Å². The van der Waals surface area contributed by atoms with Gasteiger partial charge in [0.25, 0.3) is 0 Å². The third-order valence-electron chi connectivity index (χ3n) is 6.00. The highest BCUT2D eigenvalue weighted by Gasteiger charge is 2.64. The summed E-state index contributed by atoms with van der Waals surface area (Å²) in [5.41, 5.74) is 1.32. The third kappa shape index (κ3) is 1.57. The van der Waals surface area contributed by atoms with Crippen molar-refractivity contribution in [1.29, 1.82) is 0 Å². The maximum Gasteiger partial charge on any atom is 0.231 e. The van der Waals surface area contributed by atoms with E-state index in [0.29, 0.717) is 24.5 Å². The highest BCUT2D eigenvalue weighted by atomic mass is 16.7. The molecule has 6 heteroatoms. The van der Waals surface area contributed by atoms with Crippen molar-refractivity contribution < 1.29 is 24.0 Å². The van der Waals surface area contributed by atoms with Gasteiger partial charge in [0, 0.05) is 19.1 Å². The van der Waals surface area contributed by atoms with Crippen molar-refractivity contribution in [1.82, 2.24) is 0 Å².